The van der Waals surface area contributed by atoms with Crippen molar-refractivity contribution in [3.8, 4) is 0 Å². The van der Waals surface area contributed by atoms with E-state index in [1.54, 1.807) is 36.7 Å². The normalized spacial score (nSPS) is 14.2. The molecule has 23 heavy (non-hydrogen) atoms. The van der Waals surface area contributed by atoms with Gasteiger partial charge in [0, 0.05) is 36.9 Å². The zero-order valence-electron chi connectivity index (χ0n) is 12.3. The van der Waals surface area contributed by atoms with Crippen molar-refractivity contribution in [3.05, 3.63) is 54.6 Å². The first-order chi connectivity index (χ1) is 11.1. The first kappa shape index (κ1) is 15.0. The van der Waals surface area contributed by atoms with E-state index in [4.69, 9.17) is 0 Å². The van der Waals surface area contributed by atoms with Crippen LogP contribution in [0.4, 0.5) is 20.6 Å². The van der Waals surface area contributed by atoms with Gasteiger partial charge >= 0.3 is 6.03 Å². The summed E-state index contributed by atoms with van der Waals surface area (Å²) in [5.41, 5.74) is 1.25. The molecule has 1 saturated heterocycles. The molecule has 0 unspecified atom stereocenters. The molecule has 2 heterocycles. The lowest BCUT2D eigenvalue weighted by atomic mass is 10.3. The third-order valence-corrected chi connectivity index (χ3v) is 3.53. The van der Waals surface area contributed by atoms with Crippen LogP contribution in [-0.4, -0.2) is 41.5 Å². The van der Waals surface area contributed by atoms with Gasteiger partial charge < -0.3 is 10.2 Å². The summed E-state index contributed by atoms with van der Waals surface area (Å²) in [6.07, 6.45) is 3.15. The minimum atomic E-state index is -0.353. The lowest BCUT2D eigenvalue weighted by Gasteiger charge is -2.18. The number of nitrogens with zero attached hydrogens (tertiary/aromatic N) is 3. The summed E-state index contributed by atoms with van der Waals surface area (Å²) in [5, 5.41) is 2.71. The van der Waals surface area contributed by atoms with Crippen LogP contribution in [-0.2, 0) is 4.79 Å². The molecule has 2 aromatic rings. The van der Waals surface area contributed by atoms with E-state index in [9.17, 15) is 14.0 Å². The van der Waals surface area contributed by atoms with E-state index >= 15 is 0 Å². The number of hydrogen-bond donors (Lipinski definition) is 1. The van der Waals surface area contributed by atoms with E-state index in [1.165, 1.54) is 21.9 Å². The molecule has 1 aromatic heterocycles. The maximum Gasteiger partial charge on any atom is 0.325 e. The van der Waals surface area contributed by atoms with E-state index in [-0.39, 0.29) is 24.3 Å². The third kappa shape index (κ3) is 3.45. The van der Waals surface area contributed by atoms with Gasteiger partial charge in [-0.05, 0) is 36.4 Å². The standard InChI is InChI=1S/C16H15FN4O2/c17-12-1-3-14(4-2-12)21-10-9-20(16(21)23)11-15(22)19-13-5-7-18-8-6-13/h1-8H,9-11H2,(H,18,19,22). The average Bonchev–Trinajstić information content (AvgIpc) is 2.90. The highest BCUT2D eigenvalue weighted by atomic mass is 19.1. The summed E-state index contributed by atoms with van der Waals surface area (Å²) in [6.45, 7) is 0.881. The monoisotopic (exact) mass is 314 g/mol. The minimum Gasteiger partial charge on any atom is -0.324 e. The van der Waals surface area contributed by atoms with Crippen molar-refractivity contribution in [2.24, 2.45) is 0 Å². The Bertz CT molecular complexity index is 706. The molecule has 0 aliphatic carbocycles. The number of urea groups is 1. The predicted octanol–water partition coefficient (Wildman–Crippen LogP) is 2.10. The maximum absolute atomic E-state index is 13.0. The fourth-order valence-electron chi connectivity index (χ4n) is 2.40. The topological polar surface area (TPSA) is 65.5 Å². The molecule has 0 spiro atoms. The smallest absolute Gasteiger partial charge is 0.324 e. The highest BCUT2D eigenvalue weighted by Gasteiger charge is 2.30. The summed E-state index contributed by atoms with van der Waals surface area (Å²) >= 11 is 0. The number of hydrogen-bond acceptors (Lipinski definition) is 3. The Balaban J connectivity index is 1.61. The van der Waals surface area contributed by atoms with Crippen molar-refractivity contribution in [1.29, 1.82) is 0 Å². The molecule has 7 heteroatoms. The highest BCUT2D eigenvalue weighted by Crippen LogP contribution is 2.20. The second-order valence-corrected chi connectivity index (χ2v) is 5.12. The summed E-state index contributed by atoms with van der Waals surface area (Å²) in [5.74, 6) is -0.625. The Kier molecular flexibility index (Phi) is 4.18. The largest absolute Gasteiger partial charge is 0.325 e. The van der Waals surface area contributed by atoms with Crippen LogP contribution in [0.5, 0.6) is 0 Å². The second kappa shape index (κ2) is 6.43. The number of benzene rings is 1. The minimum absolute atomic E-state index is 0.0289. The lowest BCUT2D eigenvalue weighted by Crippen LogP contribution is -2.37. The SMILES string of the molecule is O=C(CN1CCN(c2ccc(F)cc2)C1=O)Nc1ccncc1. The van der Waals surface area contributed by atoms with Crippen LogP contribution < -0.4 is 10.2 Å². The molecule has 0 radical (unpaired) electrons. The van der Waals surface area contributed by atoms with Crippen molar-refractivity contribution in [2.45, 2.75) is 0 Å². The second-order valence-electron chi connectivity index (χ2n) is 5.12. The van der Waals surface area contributed by atoms with E-state index in [1.807, 2.05) is 0 Å². The lowest BCUT2D eigenvalue weighted by molar-refractivity contribution is -0.116. The van der Waals surface area contributed by atoms with E-state index in [0.717, 1.165) is 0 Å². The number of rotatable bonds is 4. The predicted molar refractivity (Wildman–Crippen MR) is 83.6 cm³/mol. The number of nitrogens with one attached hydrogen (secondary N) is 1. The van der Waals surface area contributed by atoms with Crippen molar-refractivity contribution < 1.29 is 14.0 Å². The molecule has 3 amide bonds. The fourth-order valence-corrected chi connectivity index (χ4v) is 2.40. The van der Waals surface area contributed by atoms with E-state index in [0.29, 0.717) is 24.5 Å². The Hall–Kier alpha value is -2.96. The molecule has 3 rings (SSSR count). The number of carbonyl (C=O) groups excluding carboxylic acids is 2. The molecule has 1 fully saturated rings. The Morgan fingerprint density at radius 3 is 2.52 bits per heavy atom. The molecular formula is C16H15FN4O2. The van der Waals surface area contributed by atoms with Crippen LogP contribution in [0.1, 0.15) is 0 Å². The van der Waals surface area contributed by atoms with Gasteiger partial charge in [-0.2, -0.15) is 0 Å². The van der Waals surface area contributed by atoms with Crippen LogP contribution in [0.2, 0.25) is 0 Å². The van der Waals surface area contributed by atoms with Crippen molar-refractivity contribution in [2.75, 3.05) is 29.9 Å². The summed E-state index contributed by atoms with van der Waals surface area (Å²) in [6, 6.07) is 8.80. The summed E-state index contributed by atoms with van der Waals surface area (Å²) in [4.78, 5) is 31.2. The molecular weight excluding hydrogens is 299 g/mol. The average molecular weight is 314 g/mol. The Morgan fingerprint density at radius 1 is 1.13 bits per heavy atom. The van der Waals surface area contributed by atoms with Crippen molar-refractivity contribution in [1.82, 2.24) is 9.88 Å². The number of anilines is 2. The fraction of sp³-hybridized carbons (Fsp3) is 0.188. The van der Waals surface area contributed by atoms with Gasteiger partial charge in [-0.3, -0.25) is 14.7 Å². The van der Waals surface area contributed by atoms with Gasteiger partial charge in [-0.15, -0.1) is 0 Å². The quantitative estimate of drug-likeness (QED) is 0.940. The van der Waals surface area contributed by atoms with Gasteiger partial charge in [0.1, 0.15) is 12.4 Å². The van der Waals surface area contributed by atoms with Crippen LogP contribution in [0.25, 0.3) is 0 Å². The first-order valence-corrected chi connectivity index (χ1v) is 7.15. The summed E-state index contributed by atoms with van der Waals surface area (Å²) < 4.78 is 13.0. The molecule has 1 aromatic carbocycles. The number of aromatic nitrogens is 1. The van der Waals surface area contributed by atoms with Gasteiger partial charge in [0.25, 0.3) is 0 Å². The van der Waals surface area contributed by atoms with Crippen molar-refractivity contribution in [3.63, 3.8) is 0 Å². The zero-order chi connectivity index (χ0) is 16.2. The van der Waals surface area contributed by atoms with Crippen LogP contribution in [0.15, 0.2) is 48.8 Å². The maximum atomic E-state index is 13.0. The third-order valence-electron chi connectivity index (χ3n) is 3.53. The van der Waals surface area contributed by atoms with E-state index in [2.05, 4.69) is 10.3 Å². The van der Waals surface area contributed by atoms with Gasteiger partial charge in [-0.25, -0.2) is 9.18 Å². The molecule has 0 saturated carbocycles. The zero-order valence-corrected chi connectivity index (χ0v) is 12.3. The molecule has 0 bridgehead atoms. The number of carbonyl (C=O) groups is 2. The Labute approximate surface area is 132 Å². The molecule has 1 N–H and O–H groups in total. The highest BCUT2D eigenvalue weighted by molar-refractivity contribution is 5.99. The van der Waals surface area contributed by atoms with Gasteiger partial charge in [0.2, 0.25) is 5.91 Å². The van der Waals surface area contributed by atoms with Crippen LogP contribution in [0, 0.1) is 5.82 Å². The van der Waals surface area contributed by atoms with Gasteiger partial charge in [0.15, 0.2) is 0 Å². The molecule has 1 aliphatic rings. The number of amides is 3. The molecule has 1 aliphatic heterocycles. The molecule has 6 nitrogen and oxygen atoms in total. The van der Waals surface area contributed by atoms with Crippen molar-refractivity contribution >= 4 is 23.3 Å². The van der Waals surface area contributed by atoms with Gasteiger partial charge in [-0.1, -0.05) is 0 Å². The summed E-state index contributed by atoms with van der Waals surface area (Å²) in [7, 11) is 0. The number of halogens is 1. The molecule has 0 atom stereocenters. The number of pyridine rings is 1. The van der Waals surface area contributed by atoms with Gasteiger partial charge in [0.05, 0.1) is 0 Å². The van der Waals surface area contributed by atoms with Crippen LogP contribution in [0.3, 0.4) is 0 Å². The molecule has 118 valence electrons. The van der Waals surface area contributed by atoms with Crippen LogP contribution >= 0.6 is 0 Å². The first-order valence-electron chi connectivity index (χ1n) is 7.15. The Morgan fingerprint density at radius 2 is 1.83 bits per heavy atom. The van der Waals surface area contributed by atoms with E-state index < -0.39 is 0 Å².